The molecule has 0 saturated heterocycles. The van der Waals surface area contributed by atoms with Crippen LogP contribution in [0.4, 0.5) is 0 Å². The number of nitrogens with zero attached hydrogens (tertiary/aromatic N) is 2. The Morgan fingerprint density at radius 2 is 2.36 bits per heavy atom. The first-order chi connectivity index (χ1) is 6.56. The number of thioether (sulfide) groups is 1. The first-order valence-corrected chi connectivity index (χ1v) is 5.51. The number of Topliss-reactive ketones (excluding diaryl/α,β-unsaturated/α-hetero) is 1. The van der Waals surface area contributed by atoms with E-state index in [1.165, 1.54) is 11.8 Å². The highest BCUT2D eigenvalue weighted by Crippen LogP contribution is 2.17. The van der Waals surface area contributed by atoms with Crippen LogP contribution >= 0.6 is 11.8 Å². The molecule has 0 saturated carbocycles. The highest BCUT2D eigenvalue weighted by molar-refractivity contribution is 8.14. The zero-order valence-corrected chi connectivity index (χ0v) is 9.47. The van der Waals surface area contributed by atoms with Crippen LogP contribution in [0.1, 0.15) is 13.8 Å². The van der Waals surface area contributed by atoms with Crippen LogP contribution in [-0.2, 0) is 4.79 Å². The van der Waals surface area contributed by atoms with Gasteiger partial charge in [0.15, 0.2) is 11.0 Å². The first kappa shape index (κ1) is 11.2. The summed E-state index contributed by atoms with van der Waals surface area (Å²) in [6.07, 6.45) is 0. The van der Waals surface area contributed by atoms with Gasteiger partial charge < -0.3 is 5.73 Å². The van der Waals surface area contributed by atoms with Crippen LogP contribution in [0.2, 0.25) is 0 Å². The molecule has 78 valence electrons. The van der Waals surface area contributed by atoms with Gasteiger partial charge in [0.25, 0.3) is 0 Å². The molecule has 1 atom stereocenters. The van der Waals surface area contributed by atoms with Crippen molar-refractivity contribution in [2.75, 3.05) is 12.8 Å². The van der Waals surface area contributed by atoms with Gasteiger partial charge in [-0.25, -0.2) is 0 Å². The maximum atomic E-state index is 11.7. The number of hydrogen-bond acceptors (Lipinski definition) is 5. The van der Waals surface area contributed by atoms with Crippen LogP contribution in [0.3, 0.4) is 0 Å². The minimum atomic E-state index is -0.139. The number of nitrogens with two attached hydrogens (primary N) is 1. The standard InChI is InChI=1S/C9H15N3OS/c1-5(2)8(13)7(11-3)6-4-14-9(10)12-6/h5-6H,4H2,1-3H3,(H2,10,12)/b11-7-. The third kappa shape index (κ3) is 2.35. The van der Waals surface area contributed by atoms with E-state index < -0.39 is 0 Å². The lowest BCUT2D eigenvalue weighted by molar-refractivity contribution is -0.115. The van der Waals surface area contributed by atoms with Crippen molar-refractivity contribution < 1.29 is 4.79 Å². The lowest BCUT2D eigenvalue weighted by atomic mass is 10.0. The second kappa shape index (κ2) is 4.59. The maximum absolute atomic E-state index is 11.7. The van der Waals surface area contributed by atoms with E-state index in [1.54, 1.807) is 7.05 Å². The SMILES string of the molecule is C/N=C(\C(=O)C(C)C)C1CSC(N)=N1. The lowest BCUT2D eigenvalue weighted by Gasteiger charge is -2.10. The molecule has 1 rings (SSSR count). The summed E-state index contributed by atoms with van der Waals surface area (Å²) in [6, 6.07) is -0.139. The van der Waals surface area contributed by atoms with E-state index in [4.69, 9.17) is 5.73 Å². The highest BCUT2D eigenvalue weighted by Gasteiger charge is 2.27. The van der Waals surface area contributed by atoms with Gasteiger partial charge in [-0.15, -0.1) is 0 Å². The summed E-state index contributed by atoms with van der Waals surface area (Å²) in [4.78, 5) is 19.9. The predicted molar refractivity (Wildman–Crippen MR) is 61.1 cm³/mol. The molecule has 0 aromatic heterocycles. The predicted octanol–water partition coefficient (Wildman–Crippen LogP) is 0.712. The fourth-order valence-electron chi connectivity index (χ4n) is 1.25. The van der Waals surface area contributed by atoms with E-state index in [1.807, 2.05) is 13.8 Å². The molecule has 1 heterocycles. The molecule has 0 bridgehead atoms. The molecule has 0 aromatic carbocycles. The Balaban J connectivity index is 2.79. The van der Waals surface area contributed by atoms with Crippen molar-refractivity contribution in [1.29, 1.82) is 0 Å². The number of amidine groups is 1. The maximum Gasteiger partial charge on any atom is 0.181 e. The number of carbonyl (C=O) groups excluding carboxylic acids is 1. The van der Waals surface area contributed by atoms with Crippen LogP contribution in [0.15, 0.2) is 9.98 Å². The van der Waals surface area contributed by atoms with Gasteiger partial charge in [-0.3, -0.25) is 14.8 Å². The van der Waals surface area contributed by atoms with Crippen molar-refractivity contribution in [2.24, 2.45) is 21.6 Å². The van der Waals surface area contributed by atoms with Gasteiger partial charge in [0.1, 0.15) is 11.8 Å². The van der Waals surface area contributed by atoms with Crippen molar-refractivity contribution in [3.05, 3.63) is 0 Å². The van der Waals surface area contributed by atoms with Crippen molar-refractivity contribution in [2.45, 2.75) is 19.9 Å². The largest absolute Gasteiger partial charge is 0.379 e. The second-order valence-corrected chi connectivity index (χ2v) is 4.46. The smallest absolute Gasteiger partial charge is 0.181 e. The Labute approximate surface area is 88.1 Å². The Bertz CT molecular complexity index is 296. The molecule has 4 nitrogen and oxygen atoms in total. The van der Waals surface area contributed by atoms with Crippen LogP contribution in [0, 0.1) is 5.92 Å². The summed E-state index contributed by atoms with van der Waals surface area (Å²) in [6.45, 7) is 3.73. The minimum Gasteiger partial charge on any atom is -0.379 e. The highest BCUT2D eigenvalue weighted by atomic mass is 32.2. The lowest BCUT2D eigenvalue weighted by Crippen LogP contribution is -2.31. The van der Waals surface area contributed by atoms with Crippen molar-refractivity contribution in [1.82, 2.24) is 0 Å². The number of hydrogen-bond donors (Lipinski definition) is 1. The monoisotopic (exact) mass is 213 g/mol. The molecule has 0 fully saturated rings. The summed E-state index contributed by atoms with van der Waals surface area (Å²) in [5.74, 6) is 0.768. The van der Waals surface area contributed by atoms with Crippen LogP contribution in [-0.4, -0.2) is 35.5 Å². The van der Waals surface area contributed by atoms with Crippen LogP contribution in [0.5, 0.6) is 0 Å². The number of aliphatic imine (C=N–C) groups is 2. The quantitative estimate of drug-likeness (QED) is 0.702. The molecule has 5 heteroatoms. The molecule has 0 aromatic rings. The number of carbonyl (C=O) groups is 1. The Hall–Kier alpha value is -0.840. The van der Waals surface area contributed by atoms with Crippen LogP contribution in [0.25, 0.3) is 0 Å². The van der Waals surface area contributed by atoms with E-state index in [2.05, 4.69) is 9.98 Å². The molecule has 0 spiro atoms. The van der Waals surface area contributed by atoms with Gasteiger partial charge in [-0.05, 0) is 0 Å². The van der Waals surface area contributed by atoms with Gasteiger partial charge in [0.2, 0.25) is 0 Å². The molecule has 0 amide bonds. The van der Waals surface area contributed by atoms with E-state index in [9.17, 15) is 4.79 Å². The number of rotatable bonds is 3. The first-order valence-electron chi connectivity index (χ1n) is 4.53. The topological polar surface area (TPSA) is 67.8 Å². The van der Waals surface area contributed by atoms with Crippen molar-refractivity contribution in [3.63, 3.8) is 0 Å². The van der Waals surface area contributed by atoms with Gasteiger partial charge in [0.05, 0.1) is 0 Å². The summed E-state index contributed by atoms with van der Waals surface area (Å²) in [5.41, 5.74) is 6.09. The molecule has 0 radical (unpaired) electrons. The minimum absolute atomic E-state index is 0.0317. The summed E-state index contributed by atoms with van der Waals surface area (Å²) in [7, 11) is 1.63. The Morgan fingerprint density at radius 1 is 1.71 bits per heavy atom. The van der Waals surface area contributed by atoms with Gasteiger partial charge in [0, 0.05) is 18.7 Å². The summed E-state index contributed by atoms with van der Waals surface area (Å²) >= 11 is 1.47. The number of ketones is 1. The molecule has 1 aliphatic rings. The summed E-state index contributed by atoms with van der Waals surface area (Å²) < 4.78 is 0. The van der Waals surface area contributed by atoms with Crippen molar-refractivity contribution in [3.8, 4) is 0 Å². The van der Waals surface area contributed by atoms with E-state index in [0.717, 1.165) is 5.75 Å². The fourth-order valence-corrected chi connectivity index (χ4v) is 2.01. The summed E-state index contributed by atoms with van der Waals surface area (Å²) in [5, 5.41) is 0.549. The van der Waals surface area contributed by atoms with E-state index >= 15 is 0 Å². The normalized spacial score (nSPS) is 22.7. The molecule has 1 unspecified atom stereocenters. The van der Waals surface area contributed by atoms with E-state index in [-0.39, 0.29) is 17.7 Å². The molecular weight excluding hydrogens is 198 g/mol. The third-order valence-corrected chi connectivity index (χ3v) is 2.89. The second-order valence-electron chi connectivity index (χ2n) is 3.42. The van der Waals surface area contributed by atoms with Gasteiger partial charge in [-0.2, -0.15) is 0 Å². The third-order valence-electron chi connectivity index (χ3n) is 2.01. The Kier molecular flexibility index (Phi) is 3.69. The van der Waals surface area contributed by atoms with Gasteiger partial charge >= 0.3 is 0 Å². The molecule has 14 heavy (non-hydrogen) atoms. The van der Waals surface area contributed by atoms with Gasteiger partial charge in [-0.1, -0.05) is 25.6 Å². The zero-order valence-electron chi connectivity index (χ0n) is 8.65. The Morgan fingerprint density at radius 3 is 2.71 bits per heavy atom. The van der Waals surface area contributed by atoms with E-state index in [0.29, 0.717) is 10.9 Å². The fraction of sp³-hybridized carbons (Fsp3) is 0.667. The molecule has 0 aliphatic carbocycles. The molecule has 2 N–H and O–H groups in total. The molecular formula is C9H15N3OS. The zero-order chi connectivity index (χ0) is 10.7. The average molecular weight is 213 g/mol. The molecule has 1 aliphatic heterocycles. The van der Waals surface area contributed by atoms with Crippen molar-refractivity contribution >= 4 is 28.4 Å². The average Bonchev–Trinajstić information content (AvgIpc) is 2.53. The van der Waals surface area contributed by atoms with Crippen LogP contribution < -0.4 is 5.73 Å².